The van der Waals surface area contributed by atoms with Gasteiger partial charge < -0.3 is 0 Å². The van der Waals surface area contributed by atoms with Gasteiger partial charge >= 0.3 is 0 Å². The number of allylic oxidation sites excluding steroid dienone is 2. The lowest BCUT2D eigenvalue weighted by Crippen LogP contribution is -2.26. The molecular formula is C16H14N2O2S2. The van der Waals surface area contributed by atoms with Gasteiger partial charge in [-0.2, -0.15) is 9.98 Å². The molecule has 0 unspecified atom stereocenters. The predicted octanol–water partition coefficient (Wildman–Crippen LogP) is 4.27. The second kappa shape index (κ2) is 6.95. The average Bonchev–Trinajstić information content (AvgIpc) is 2.50. The Hall–Kier alpha value is -1.84. The summed E-state index contributed by atoms with van der Waals surface area (Å²) < 4.78 is 0. The van der Waals surface area contributed by atoms with Crippen molar-refractivity contribution in [3.05, 3.63) is 53.5 Å². The van der Waals surface area contributed by atoms with Crippen molar-refractivity contribution >= 4 is 33.7 Å². The summed E-state index contributed by atoms with van der Waals surface area (Å²) in [5, 5.41) is 0. The van der Waals surface area contributed by atoms with E-state index in [-0.39, 0.29) is 5.41 Å². The second-order valence-corrected chi connectivity index (χ2v) is 7.48. The van der Waals surface area contributed by atoms with Gasteiger partial charge in [-0.1, -0.05) is 59.7 Å². The van der Waals surface area contributed by atoms with E-state index in [0.717, 1.165) is 9.80 Å². The summed E-state index contributed by atoms with van der Waals surface area (Å²) in [6.07, 6.45) is 8.18. The Balaban J connectivity index is 2.30. The molecule has 0 spiro atoms. The number of carbonyl (C=O) groups excluding carboxylic acids is 2. The van der Waals surface area contributed by atoms with Crippen molar-refractivity contribution in [3.8, 4) is 0 Å². The molecule has 0 atom stereocenters. The van der Waals surface area contributed by atoms with E-state index in [1.807, 2.05) is 50.3 Å². The molecule has 0 saturated heterocycles. The SMILES string of the molecule is CC1(C)C=CC(N=C=O)(N=C=O)C=C1SSc1ccccc1. The van der Waals surface area contributed by atoms with Crippen molar-refractivity contribution in [2.24, 2.45) is 15.4 Å². The maximum atomic E-state index is 10.6. The molecule has 4 nitrogen and oxygen atoms in total. The molecule has 0 N–H and O–H groups in total. The molecule has 1 aliphatic rings. The highest BCUT2D eigenvalue weighted by Crippen LogP contribution is 2.49. The molecule has 0 heterocycles. The molecule has 0 fully saturated rings. The summed E-state index contributed by atoms with van der Waals surface area (Å²) in [5.74, 6) is 0. The standard InChI is InChI=1S/C16H14N2O2S2/c1-15(2)8-9-16(17-11-19,18-12-20)10-14(15)22-21-13-6-4-3-5-7-13/h3-10H,1-2H3. The second-order valence-electron chi connectivity index (χ2n) is 5.23. The van der Waals surface area contributed by atoms with Crippen molar-refractivity contribution in [3.63, 3.8) is 0 Å². The first-order valence-corrected chi connectivity index (χ1v) is 8.68. The van der Waals surface area contributed by atoms with Crippen molar-refractivity contribution in [2.75, 3.05) is 0 Å². The minimum atomic E-state index is -1.32. The summed E-state index contributed by atoms with van der Waals surface area (Å²) in [7, 11) is 3.16. The Morgan fingerprint density at radius 3 is 2.18 bits per heavy atom. The Bertz CT molecular complexity index is 680. The van der Waals surface area contributed by atoms with Crippen LogP contribution in [0.1, 0.15) is 13.8 Å². The number of rotatable bonds is 5. The fraction of sp³-hybridized carbons (Fsp3) is 0.250. The van der Waals surface area contributed by atoms with E-state index < -0.39 is 5.66 Å². The molecule has 0 saturated carbocycles. The van der Waals surface area contributed by atoms with Crippen molar-refractivity contribution in [2.45, 2.75) is 24.4 Å². The Morgan fingerprint density at radius 2 is 1.59 bits per heavy atom. The molecule has 22 heavy (non-hydrogen) atoms. The maximum absolute atomic E-state index is 10.6. The number of benzene rings is 1. The summed E-state index contributed by atoms with van der Waals surface area (Å²) >= 11 is 0. The van der Waals surface area contributed by atoms with Crippen LogP contribution in [0.5, 0.6) is 0 Å². The van der Waals surface area contributed by atoms with Crippen LogP contribution in [0.25, 0.3) is 0 Å². The van der Waals surface area contributed by atoms with Crippen LogP contribution in [0.2, 0.25) is 0 Å². The molecule has 1 aromatic rings. The number of isocyanates is 2. The zero-order chi connectivity index (χ0) is 16.1. The van der Waals surface area contributed by atoms with E-state index in [2.05, 4.69) is 9.98 Å². The molecule has 0 bridgehead atoms. The lowest BCUT2D eigenvalue weighted by molar-refractivity contribution is 0.529. The van der Waals surface area contributed by atoms with Gasteiger partial charge in [0.25, 0.3) is 0 Å². The molecule has 0 radical (unpaired) electrons. The molecule has 1 aromatic carbocycles. The first-order valence-electron chi connectivity index (χ1n) is 6.53. The quantitative estimate of drug-likeness (QED) is 0.350. The molecule has 112 valence electrons. The van der Waals surface area contributed by atoms with Crippen molar-refractivity contribution < 1.29 is 9.59 Å². The normalized spacial score (nSPS) is 22.2. The van der Waals surface area contributed by atoms with Crippen molar-refractivity contribution in [1.29, 1.82) is 0 Å². The van der Waals surface area contributed by atoms with Crippen LogP contribution in [-0.2, 0) is 9.59 Å². The number of hydrogen-bond acceptors (Lipinski definition) is 6. The molecule has 2 rings (SSSR count). The average molecular weight is 330 g/mol. The molecule has 0 aliphatic heterocycles. The Kier molecular flexibility index (Phi) is 5.22. The summed E-state index contributed by atoms with van der Waals surface area (Å²) in [6, 6.07) is 9.94. The Labute approximate surface area is 136 Å². The minimum absolute atomic E-state index is 0.229. The lowest BCUT2D eigenvalue weighted by Gasteiger charge is -2.31. The van der Waals surface area contributed by atoms with Gasteiger partial charge in [0, 0.05) is 15.2 Å². The van der Waals surface area contributed by atoms with Crippen LogP contribution in [0.4, 0.5) is 0 Å². The molecule has 1 aliphatic carbocycles. The van der Waals surface area contributed by atoms with Gasteiger partial charge in [-0.3, -0.25) is 0 Å². The van der Waals surface area contributed by atoms with Crippen LogP contribution < -0.4 is 0 Å². The summed E-state index contributed by atoms with van der Waals surface area (Å²) in [6.45, 7) is 4.10. The zero-order valence-electron chi connectivity index (χ0n) is 12.1. The molecule has 0 amide bonds. The minimum Gasteiger partial charge on any atom is -0.211 e. The third-order valence-corrected chi connectivity index (χ3v) is 5.88. The van der Waals surface area contributed by atoms with E-state index >= 15 is 0 Å². The highest BCUT2D eigenvalue weighted by molar-refractivity contribution is 8.78. The first-order chi connectivity index (χ1) is 10.5. The van der Waals surface area contributed by atoms with Crippen LogP contribution >= 0.6 is 21.6 Å². The maximum Gasteiger partial charge on any atom is 0.238 e. The van der Waals surface area contributed by atoms with Crippen LogP contribution in [0, 0.1) is 5.41 Å². The van der Waals surface area contributed by atoms with Crippen LogP contribution in [0.15, 0.2) is 68.3 Å². The van der Waals surface area contributed by atoms with E-state index in [9.17, 15) is 9.59 Å². The highest BCUT2D eigenvalue weighted by Gasteiger charge is 2.34. The molecule has 6 heteroatoms. The van der Waals surface area contributed by atoms with Gasteiger partial charge in [-0.05, 0) is 24.3 Å². The Morgan fingerprint density at radius 1 is 0.955 bits per heavy atom. The number of hydrogen-bond donors (Lipinski definition) is 0. The monoisotopic (exact) mass is 330 g/mol. The van der Waals surface area contributed by atoms with Gasteiger partial charge in [-0.15, -0.1) is 0 Å². The fourth-order valence-corrected chi connectivity index (χ4v) is 4.49. The van der Waals surface area contributed by atoms with Crippen molar-refractivity contribution in [1.82, 2.24) is 0 Å². The van der Waals surface area contributed by atoms with E-state index in [4.69, 9.17) is 0 Å². The lowest BCUT2D eigenvalue weighted by atomic mass is 9.85. The fourth-order valence-electron chi connectivity index (χ4n) is 1.85. The van der Waals surface area contributed by atoms with Gasteiger partial charge in [0.2, 0.25) is 17.8 Å². The smallest absolute Gasteiger partial charge is 0.211 e. The van der Waals surface area contributed by atoms with Crippen LogP contribution in [-0.4, -0.2) is 17.8 Å². The van der Waals surface area contributed by atoms with Gasteiger partial charge in [-0.25, -0.2) is 9.59 Å². The van der Waals surface area contributed by atoms with E-state index in [1.165, 1.54) is 12.2 Å². The third kappa shape index (κ3) is 3.87. The molecule has 0 aromatic heterocycles. The van der Waals surface area contributed by atoms with E-state index in [0.29, 0.717) is 0 Å². The summed E-state index contributed by atoms with van der Waals surface area (Å²) in [4.78, 5) is 30.7. The number of nitrogens with zero attached hydrogens (tertiary/aromatic N) is 2. The third-order valence-electron chi connectivity index (χ3n) is 3.14. The largest absolute Gasteiger partial charge is 0.238 e. The number of aliphatic imine (C=N–C) groups is 2. The van der Waals surface area contributed by atoms with Gasteiger partial charge in [0.1, 0.15) is 0 Å². The van der Waals surface area contributed by atoms with Crippen LogP contribution in [0.3, 0.4) is 0 Å². The summed E-state index contributed by atoms with van der Waals surface area (Å²) in [5.41, 5.74) is -1.55. The highest BCUT2D eigenvalue weighted by atomic mass is 33.1. The van der Waals surface area contributed by atoms with Gasteiger partial charge in [0.15, 0.2) is 0 Å². The van der Waals surface area contributed by atoms with E-state index in [1.54, 1.807) is 33.7 Å². The zero-order valence-corrected chi connectivity index (χ0v) is 13.8. The first kappa shape index (κ1) is 16.5. The topological polar surface area (TPSA) is 58.9 Å². The predicted molar refractivity (Wildman–Crippen MR) is 89.9 cm³/mol. The van der Waals surface area contributed by atoms with Gasteiger partial charge in [0.05, 0.1) is 0 Å². The molecular weight excluding hydrogens is 316 g/mol.